The van der Waals surface area contributed by atoms with Gasteiger partial charge in [-0.3, -0.25) is 14.6 Å². The van der Waals surface area contributed by atoms with Crippen molar-refractivity contribution in [3.8, 4) is 5.75 Å². The molecule has 2 amide bonds. The monoisotopic (exact) mass is 339 g/mol. The molecule has 0 radical (unpaired) electrons. The Morgan fingerprint density at radius 1 is 1.20 bits per heavy atom. The van der Waals surface area contributed by atoms with Gasteiger partial charge in [0.25, 0.3) is 11.8 Å². The van der Waals surface area contributed by atoms with E-state index in [0.717, 1.165) is 25.9 Å². The summed E-state index contributed by atoms with van der Waals surface area (Å²) >= 11 is 0. The van der Waals surface area contributed by atoms with Crippen molar-refractivity contribution in [1.29, 1.82) is 0 Å². The molecule has 0 atom stereocenters. The highest BCUT2D eigenvalue weighted by molar-refractivity contribution is 6.06. The van der Waals surface area contributed by atoms with Crippen LogP contribution in [0.1, 0.15) is 40.6 Å². The van der Waals surface area contributed by atoms with Gasteiger partial charge in [-0.25, -0.2) is 0 Å². The second-order valence-electron chi connectivity index (χ2n) is 5.81. The fraction of sp³-hybridized carbons (Fsp3) is 0.316. The molecule has 0 spiro atoms. The Kier molecular flexibility index (Phi) is 5.28. The van der Waals surface area contributed by atoms with Crippen molar-refractivity contribution in [2.45, 2.75) is 19.8 Å². The van der Waals surface area contributed by atoms with Crippen molar-refractivity contribution in [3.63, 3.8) is 0 Å². The van der Waals surface area contributed by atoms with E-state index in [4.69, 9.17) is 4.74 Å². The van der Waals surface area contributed by atoms with E-state index in [1.165, 1.54) is 6.20 Å². The summed E-state index contributed by atoms with van der Waals surface area (Å²) in [4.78, 5) is 30.9. The Labute approximate surface area is 146 Å². The lowest BCUT2D eigenvalue weighted by Gasteiger charge is -2.15. The van der Waals surface area contributed by atoms with Gasteiger partial charge in [-0.1, -0.05) is 12.1 Å². The number of aromatic nitrogens is 1. The number of hydrogen-bond acceptors (Lipinski definition) is 4. The van der Waals surface area contributed by atoms with Gasteiger partial charge in [0.2, 0.25) is 0 Å². The number of nitrogens with zero attached hydrogens (tertiary/aromatic N) is 2. The summed E-state index contributed by atoms with van der Waals surface area (Å²) in [6.07, 6.45) is 3.52. The highest BCUT2D eigenvalue weighted by Crippen LogP contribution is 2.24. The first-order valence-corrected chi connectivity index (χ1v) is 8.47. The largest absolute Gasteiger partial charge is 0.492 e. The Bertz CT molecular complexity index is 770. The van der Waals surface area contributed by atoms with E-state index in [-0.39, 0.29) is 11.8 Å². The molecule has 25 heavy (non-hydrogen) atoms. The second-order valence-corrected chi connectivity index (χ2v) is 5.81. The average Bonchev–Trinajstić information content (AvgIpc) is 3.18. The van der Waals surface area contributed by atoms with Crippen LogP contribution in [0.3, 0.4) is 0 Å². The van der Waals surface area contributed by atoms with Crippen LogP contribution < -0.4 is 10.1 Å². The molecule has 2 heterocycles. The van der Waals surface area contributed by atoms with E-state index < -0.39 is 0 Å². The molecular formula is C19H21N3O3. The van der Waals surface area contributed by atoms with Gasteiger partial charge in [-0.2, -0.15) is 0 Å². The first-order chi connectivity index (χ1) is 12.2. The van der Waals surface area contributed by atoms with Crippen LogP contribution in [0.15, 0.2) is 42.6 Å². The quantitative estimate of drug-likeness (QED) is 0.909. The third kappa shape index (κ3) is 3.96. The highest BCUT2D eigenvalue weighted by atomic mass is 16.5. The van der Waals surface area contributed by atoms with Crippen LogP contribution in [-0.2, 0) is 0 Å². The van der Waals surface area contributed by atoms with Crippen LogP contribution >= 0.6 is 0 Å². The summed E-state index contributed by atoms with van der Waals surface area (Å²) in [5.41, 5.74) is 1.29. The lowest BCUT2D eigenvalue weighted by Crippen LogP contribution is -2.28. The first kappa shape index (κ1) is 17.0. The van der Waals surface area contributed by atoms with E-state index in [1.807, 2.05) is 19.1 Å². The van der Waals surface area contributed by atoms with E-state index in [0.29, 0.717) is 29.3 Å². The highest BCUT2D eigenvalue weighted by Gasteiger charge is 2.21. The number of hydrogen-bond donors (Lipinski definition) is 1. The number of benzene rings is 1. The Hall–Kier alpha value is -2.89. The summed E-state index contributed by atoms with van der Waals surface area (Å²) in [6, 6.07) is 10.4. The molecular weight excluding hydrogens is 318 g/mol. The Balaban J connectivity index is 1.76. The minimum atomic E-state index is -0.301. The molecule has 1 saturated heterocycles. The molecule has 1 fully saturated rings. The van der Waals surface area contributed by atoms with Crippen molar-refractivity contribution >= 4 is 17.5 Å². The van der Waals surface area contributed by atoms with Crippen molar-refractivity contribution < 1.29 is 14.3 Å². The van der Waals surface area contributed by atoms with E-state index in [9.17, 15) is 9.59 Å². The fourth-order valence-electron chi connectivity index (χ4n) is 2.82. The van der Waals surface area contributed by atoms with Crippen LogP contribution in [-0.4, -0.2) is 41.4 Å². The van der Waals surface area contributed by atoms with Gasteiger partial charge in [0.1, 0.15) is 11.4 Å². The maximum atomic E-state index is 12.5. The van der Waals surface area contributed by atoms with Crippen LogP contribution in [0.25, 0.3) is 0 Å². The summed E-state index contributed by atoms with van der Waals surface area (Å²) in [5, 5.41) is 2.83. The molecule has 1 aromatic carbocycles. The van der Waals surface area contributed by atoms with Crippen LogP contribution in [0, 0.1) is 0 Å². The number of rotatable bonds is 5. The van der Waals surface area contributed by atoms with Gasteiger partial charge in [0, 0.05) is 24.8 Å². The molecule has 0 saturated carbocycles. The molecule has 0 aliphatic carbocycles. The molecule has 1 aromatic heterocycles. The molecule has 3 rings (SSSR count). The van der Waals surface area contributed by atoms with Gasteiger partial charge in [0.15, 0.2) is 0 Å². The third-order valence-electron chi connectivity index (χ3n) is 4.07. The molecule has 6 nitrogen and oxygen atoms in total. The Morgan fingerprint density at radius 2 is 1.96 bits per heavy atom. The Morgan fingerprint density at radius 3 is 2.72 bits per heavy atom. The normalized spacial score (nSPS) is 13.6. The number of carbonyl (C=O) groups excluding carboxylic acids is 2. The summed E-state index contributed by atoms with van der Waals surface area (Å²) < 4.78 is 5.52. The maximum Gasteiger partial charge on any atom is 0.272 e. The summed E-state index contributed by atoms with van der Waals surface area (Å²) in [7, 11) is 0. The molecule has 0 bridgehead atoms. The predicted molar refractivity (Wildman–Crippen MR) is 94.9 cm³/mol. The minimum absolute atomic E-state index is 0.123. The van der Waals surface area contributed by atoms with Gasteiger partial charge < -0.3 is 15.0 Å². The average molecular weight is 339 g/mol. The number of amides is 2. The van der Waals surface area contributed by atoms with Gasteiger partial charge in [-0.05, 0) is 44.0 Å². The molecule has 6 heteroatoms. The summed E-state index contributed by atoms with van der Waals surface area (Å²) in [5.74, 6) is 0.188. The number of ether oxygens (including phenoxy) is 1. The van der Waals surface area contributed by atoms with Crippen molar-refractivity contribution in [2.24, 2.45) is 0 Å². The number of pyridine rings is 1. The van der Waals surface area contributed by atoms with E-state index >= 15 is 0 Å². The van der Waals surface area contributed by atoms with Crippen LogP contribution in [0.2, 0.25) is 0 Å². The number of carbonyl (C=O) groups is 2. The van der Waals surface area contributed by atoms with E-state index in [2.05, 4.69) is 10.3 Å². The number of nitrogens with one attached hydrogen (secondary N) is 1. The van der Waals surface area contributed by atoms with Gasteiger partial charge >= 0.3 is 0 Å². The lowest BCUT2D eigenvalue weighted by molar-refractivity contribution is 0.0787. The molecule has 0 unspecified atom stereocenters. The molecule has 2 aromatic rings. The smallest absolute Gasteiger partial charge is 0.272 e. The topological polar surface area (TPSA) is 71.5 Å². The van der Waals surface area contributed by atoms with Gasteiger partial charge in [-0.15, -0.1) is 0 Å². The zero-order valence-corrected chi connectivity index (χ0v) is 14.2. The van der Waals surface area contributed by atoms with Crippen LogP contribution in [0.4, 0.5) is 5.69 Å². The third-order valence-corrected chi connectivity index (χ3v) is 4.07. The van der Waals surface area contributed by atoms with Crippen molar-refractivity contribution in [3.05, 3.63) is 53.9 Å². The molecule has 1 N–H and O–H groups in total. The summed E-state index contributed by atoms with van der Waals surface area (Å²) in [6.45, 7) is 3.89. The van der Waals surface area contributed by atoms with Crippen molar-refractivity contribution in [2.75, 3.05) is 25.0 Å². The lowest BCUT2D eigenvalue weighted by atomic mass is 10.2. The molecule has 130 valence electrons. The van der Waals surface area contributed by atoms with Crippen LogP contribution in [0.5, 0.6) is 5.75 Å². The number of anilines is 1. The molecule has 1 aliphatic rings. The number of likely N-dealkylation sites (tertiary alicyclic amines) is 1. The SMILES string of the molecule is CCOc1ccccc1NC(=O)c1ccnc(C(=O)N2CCCC2)c1. The fourth-order valence-corrected chi connectivity index (χ4v) is 2.82. The zero-order chi connectivity index (χ0) is 17.6. The van der Waals surface area contributed by atoms with Gasteiger partial charge in [0.05, 0.1) is 12.3 Å². The minimum Gasteiger partial charge on any atom is -0.492 e. The predicted octanol–water partition coefficient (Wildman–Crippen LogP) is 2.97. The zero-order valence-electron chi connectivity index (χ0n) is 14.2. The van der Waals surface area contributed by atoms with E-state index in [1.54, 1.807) is 29.2 Å². The standard InChI is InChI=1S/C19H21N3O3/c1-2-25-17-8-4-3-7-15(17)21-18(23)14-9-10-20-16(13-14)19(24)22-11-5-6-12-22/h3-4,7-10,13H,2,5-6,11-12H2,1H3,(H,21,23). The number of para-hydroxylation sites is 2. The second kappa shape index (κ2) is 7.79. The van der Waals surface area contributed by atoms with Crippen molar-refractivity contribution in [1.82, 2.24) is 9.88 Å². The molecule has 1 aliphatic heterocycles. The maximum absolute atomic E-state index is 12.5. The first-order valence-electron chi connectivity index (χ1n) is 8.47.